The van der Waals surface area contributed by atoms with Crippen LogP contribution in [0.2, 0.25) is 0 Å². The SMILES string of the molecule is Cc1ccc(C(=O)Nc2ccccc2F)c(I)c1. The maximum Gasteiger partial charge on any atom is 0.256 e. The lowest BCUT2D eigenvalue weighted by molar-refractivity contribution is 0.102. The van der Waals surface area contributed by atoms with Crippen molar-refractivity contribution >= 4 is 34.2 Å². The van der Waals surface area contributed by atoms with E-state index in [0.29, 0.717) is 5.56 Å². The Balaban J connectivity index is 2.25. The van der Waals surface area contributed by atoms with Gasteiger partial charge in [0.2, 0.25) is 0 Å². The lowest BCUT2D eigenvalue weighted by Gasteiger charge is -2.08. The Morgan fingerprint density at radius 3 is 2.61 bits per heavy atom. The molecule has 0 aromatic heterocycles. The minimum atomic E-state index is -0.437. The van der Waals surface area contributed by atoms with Crippen molar-refractivity contribution < 1.29 is 9.18 Å². The van der Waals surface area contributed by atoms with Crippen molar-refractivity contribution in [1.82, 2.24) is 0 Å². The molecule has 0 unspecified atom stereocenters. The molecule has 0 aliphatic heterocycles. The Labute approximate surface area is 118 Å². The summed E-state index contributed by atoms with van der Waals surface area (Å²) < 4.78 is 14.3. The van der Waals surface area contributed by atoms with Gasteiger partial charge in [0.05, 0.1) is 11.3 Å². The molecule has 0 saturated carbocycles. The van der Waals surface area contributed by atoms with Crippen LogP contribution in [-0.2, 0) is 0 Å². The maximum absolute atomic E-state index is 13.4. The summed E-state index contributed by atoms with van der Waals surface area (Å²) in [7, 11) is 0. The molecule has 0 radical (unpaired) electrons. The van der Waals surface area contributed by atoms with Crippen molar-refractivity contribution in [1.29, 1.82) is 0 Å². The molecule has 2 nitrogen and oxygen atoms in total. The molecule has 0 aliphatic carbocycles. The Bertz CT molecular complexity index is 598. The number of carbonyl (C=O) groups is 1. The Hall–Kier alpha value is -1.43. The number of para-hydroxylation sites is 1. The van der Waals surface area contributed by atoms with Crippen LogP contribution in [-0.4, -0.2) is 5.91 Å². The van der Waals surface area contributed by atoms with Gasteiger partial charge < -0.3 is 5.32 Å². The first-order valence-electron chi connectivity index (χ1n) is 5.40. The first kappa shape index (κ1) is 13.0. The lowest BCUT2D eigenvalue weighted by atomic mass is 10.1. The summed E-state index contributed by atoms with van der Waals surface area (Å²) in [5.41, 5.74) is 1.82. The highest BCUT2D eigenvalue weighted by molar-refractivity contribution is 14.1. The number of carbonyl (C=O) groups excluding carboxylic acids is 1. The van der Waals surface area contributed by atoms with Gasteiger partial charge in [-0.05, 0) is 53.8 Å². The van der Waals surface area contributed by atoms with Crippen molar-refractivity contribution in [2.24, 2.45) is 0 Å². The molecule has 92 valence electrons. The summed E-state index contributed by atoms with van der Waals surface area (Å²) >= 11 is 2.10. The number of rotatable bonds is 2. The average Bonchev–Trinajstić information content (AvgIpc) is 2.32. The lowest BCUT2D eigenvalue weighted by Crippen LogP contribution is -2.14. The maximum atomic E-state index is 13.4. The van der Waals surface area contributed by atoms with Crippen LogP contribution < -0.4 is 5.32 Å². The monoisotopic (exact) mass is 355 g/mol. The van der Waals surface area contributed by atoms with Crippen LogP contribution in [0.4, 0.5) is 10.1 Å². The van der Waals surface area contributed by atoms with Gasteiger partial charge in [-0.2, -0.15) is 0 Å². The molecule has 0 saturated heterocycles. The van der Waals surface area contributed by atoms with E-state index in [2.05, 4.69) is 27.9 Å². The zero-order valence-electron chi connectivity index (χ0n) is 9.71. The van der Waals surface area contributed by atoms with Gasteiger partial charge in [0.25, 0.3) is 5.91 Å². The highest BCUT2D eigenvalue weighted by atomic mass is 127. The van der Waals surface area contributed by atoms with Crippen LogP contribution in [0, 0.1) is 16.3 Å². The van der Waals surface area contributed by atoms with Gasteiger partial charge in [0, 0.05) is 3.57 Å². The number of anilines is 1. The number of benzene rings is 2. The van der Waals surface area contributed by atoms with Gasteiger partial charge in [-0.25, -0.2) is 4.39 Å². The second-order valence-corrected chi connectivity index (χ2v) is 5.08. The molecule has 0 spiro atoms. The van der Waals surface area contributed by atoms with E-state index in [1.54, 1.807) is 18.2 Å². The van der Waals surface area contributed by atoms with Crippen LogP contribution in [0.1, 0.15) is 15.9 Å². The summed E-state index contributed by atoms with van der Waals surface area (Å²) in [6, 6.07) is 11.6. The van der Waals surface area contributed by atoms with Crippen molar-refractivity contribution in [3.8, 4) is 0 Å². The summed E-state index contributed by atoms with van der Waals surface area (Å²) in [6.45, 7) is 1.96. The third-order valence-corrected chi connectivity index (χ3v) is 3.38. The molecule has 0 heterocycles. The van der Waals surface area contributed by atoms with Crippen molar-refractivity contribution in [3.05, 3.63) is 63.0 Å². The van der Waals surface area contributed by atoms with Crippen LogP contribution >= 0.6 is 22.6 Å². The Morgan fingerprint density at radius 2 is 1.94 bits per heavy atom. The fraction of sp³-hybridized carbons (Fsp3) is 0.0714. The molecule has 2 aromatic carbocycles. The molecule has 0 fully saturated rings. The van der Waals surface area contributed by atoms with Crippen molar-refractivity contribution in [2.75, 3.05) is 5.32 Å². The van der Waals surface area contributed by atoms with Gasteiger partial charge >= 0.3 is 0 Å². The third-order valence-electron chi connectivity index (χ3n) is 2.49. The summed E-state index contributed by atoms with van der Waals surface area (Å²) in [6.07, 6.45) is 0. The fourth-order valence-electron chi connectivity index (χ4n) is 1.56. The first-order valence-corrected chi connectivity index (χ1v) is 6.48. The minimum Gasteiger partial charge on any atom is -0.319 e. The Kier molecular flexibility index (Phi) is 3.96. The van der Waals surface area contributed by atoms with Crippen LogP contribution in [0.5, 0.6) is 0 Å². The van der Waals surface area contributed by atoms with Crippen LogP contribution in [0.25, 0.3) is 0 Å². The normalized spacial score (nSPS) is 10.2. The molecule has 18 heavy (non-hydrogen) atoms. The first-order chi connectivity index (χ1) is 8.58. The van der Waals surface area contributed by atoms with Gasteiger partial charge in [-0.15, -0.1) is 0 Å². The molecular formula is C14H11FINO. The van der Waals surface area contributed by atoms with Crippen LogP contribution in [0.3, 0.4) is 0 Å². The largest absolute Gasteiger partial charge is 0.319 e. The zero-order chi connectivity index (χ0) is 13.1. The number of aryl methyl sites for hydroxylation is 1. The minimum absolute atomic E-state index is 0.193. The fourth-order valence-corrected chi connectivity index (χ4v) is 2.47. The molecule has 0 bridgehead atoms. The molecule has 0 aliphatic rings. The molecular weight excluding hydrogens is 344 g/mol. The van der Waals surface area contributed by atoms with E-state index >= 15 is 0 Å². The highest BCUT2D eigenvalue weighted by Gasteiger charge is 2.11. The molecule has 1 N–H and O–H groups in total. The molecule has 0 atom stereocenters. The molecule has 2 aromatic rings. The Morgan fingerprint density at radius 1 is 1.22 bits per heavy atom. The number of hydrogen-bond acceptors (Lipinski definition) is 1. The number of hydrogen-bond donors (Lipinski definition) is 1. The smallest absolute Gasteiger partial charge is 0.256 e. The predicted molar refractivity (Wildman–Crippen MR) is 78.2 cm³/mol. The zero-order valence-corrected chi connectivity index (χ0v) is 11.9. The molecule has 4 heteroatoms. The van der Waals surface area contributed by atoms with E-state index in [9.17, 15) is 9.18 Å². The van der Waals surface area contributed by atoms with E-state index in [1.807, 2.05) is 19.1 Å². The second-order valence-electron chi connectivity index (χ2n) is 3.92. The number of nitrogens with one attached hydrogen (secondary N) is 1. The topological polar surface area (TPSA) is 29.1 Å². The predicted octanol–water partition coefficient (Wildman–Crippen LogP) is 3.99. The number of halogens is 2. The third kappa shape index (κ3) is 2.87. The average molecular weight is 355 g/mol. The van der Waals surface area contributed by atoms with Gasteiger partial charge in [0.15, 0.2) is 0 Å². The standard InChI is InChI=1S/C14H11FINO/c1-9-6-7-10(12(16)8-9)14(18)17-13-5-3-2-4-11(13)15/h2-8H,1H3,(H,17,18). The van der Waals surface area contributed by atoms with E-state index in [1.165, 1.54) is 12.1 Å². The number of amides is 1. The van der Waals surface area contributed by atoms with Gasteiger partial charge in [-0.3, -0.25) is 4.79 Å². The van der Waals surface area contributed by atoms with Crippen LogP contribution in [0.15, 0.2) is 42.5 Å². The summed E-state index contributed by atoms with van der Waals surface area (Å²) in [5, 5.41) is 2.57. The quantitative estimate of drug-likeness (QED) is 0.811. The van der Waals surface area contributed by atoms with Crippen molar-refractivity contribution in [3.63, 3.8) is 0 Å². The van der Waals surface area contributed by atoms with Gasteiger partial charge in [-0.1, -0.05) is 23.8 Å². The highest BCUT2D eigenvalue weighted by Crippen LogP contribution is 2.18. The van der Waals surface area contributed by atoms with E-state index in [0.717, 1.165) is 9.13 Å². The summed E-state index contributed by atoms with van der Waals surface area (Å²) in [5.74, 6) is -0.738. The van der Waals surface area contributed by atoms with E-state index in [-0.39, 0.29) is 11.6 Å². The molecule has 2 rings (SSSR count). The second kappa shape index (κ2) is 5.48. The molecule has 1 amide bonds. The van der Waals surface area contributed by atoms with E-state index in [4.69, 9.17) is 0 Å². The van der Waals surface area contributed by atoms with Gasteiger partial charge in [0.1, 0.15) is 5.82 Å². The van der Waals surface area contributed by atoms with Crippen molar-refractivity contribution in [2.45, 2.75) is 6.92 Å². The summed E-state index contributed by atoms with van der Waals surface area (Å²) in [4.78, 5) is 12.0. The van der Waals surface area contributed by atoms with E-state index < -0.39 is 5.82 Å².